The van der Waals surface area contributed by atoms with Gasteiger partial charge in [0.25, 0.3) is 0 Å². The number of nitrogens with one attached hydrogen (secondary N) is 2. The molecular weight excluding hydrogens is 238 g/mol. The third kappa shape index (κ3) is 2.71. The molecule has 1 unspecified atom stereocenters. The first kappa shape index (κ1) is 12.4. The van der Waals surface area contributed by atoms with E-state index in [2.05, 4.69) is 32.0 Å². The molecule has 0 aromatic carbocycles. The molecule has 3 heterocycles. The van der Waals surface area contributed by atoms with Crippen molar-refractivity contribution in [2.24, 2.45) is 0 Å². The summed E-state index contributed by atoms with van der Waals surface area (Å²) in [6, 6.07) is 0.498. The van der Waals surface area contributed by atoms with Gasteiger partial charge in [-0.15, -0.1) is 0 Å². The van der Waals surface area contributed by atoms with E-state index in [4.69, 9.17) is 0 Å². The number of hydrogen-bond acceptors (Lipinski definition) is 3. The Labute approximate surface area is 113 Å². The van der Waals surface area contributed by atoms with Gasteiger partial charge in [-0.25, -0.2) is 4.98 Å². The molecule has 1 atom stereocenters. The molecule has 102 valence electrons. The first-order chi connectivity index (χ1) is 9.34. The second-order valence-corrected chi connectivity index (χ2v) is 5.28. The van der Waals surface area contributed by atoms with Crippen LogP contribution >= 0.6 is 0 Å². The van der Waals surface area contributed by atoms with Gasteiger partial charge in [0, 0.05) is 24.5 Å². The number of imidazole rings is 1. The Hall–Kier alpha value is -1.62. The maximum atomic E-state index is 4.30. The van der Waals surface area contributed by atoms with Crippen LogP contribution in [0.1, 0.15) is 42.3 Å². The topological polar surface area (TPSA) is 58.5 Å². The lowest BCUT2D eigenvalue weighted by atomic mass is 10.1. The summed E-state index contributed by atoms with van der Waals surface area (Å²) in [6.07, 6.45) is 10.6. The molecule has 3 rings (SSSR count). The lowest BCUT2D eigenvalue weighted by molar-refractivity contribution is 0.548. The van der Waals surface area contributed by atoms with Crippen LogP contribution in [0.3, 0.4) is 0 Å². The van der Waals surface area contributed by atoms with Crippen LogP contribution in [-0.2, 0) is 13.0 Å². The molecule has 0 aliphatic carbocycles. The summed E-state index contributed by atoms with van der Waals surface area (Å²) in [7, 11) is 0. The van der Waals surface area contributed by atoms with Crippen molar-refractivity contribution in [2.45, 2.75) is 45.2 Å². The van der Waals surface area contributed by atoms with Gasteiger partial charge in [0.15, 0.2) is 0 Å². The van der Waals surface area contributed by atoms with Crippen LogP contribution < -0.4 is 5.32 Å². The molecule has 0 amide bonds. The third-order valence-corrected chi connectivity index (χ3v) is 3.94. The largest absolute Gasteiger partial charge is 0.333 e. The van der Waals surface area contributed by atoms with Gasteiger partial charge in [-0.05, 0) is 44.7 Å². The van der Waals surface area contributed by atoms with Crippen LogP contribution in [0.2, 0.25) is 0 Å². The van der Waals surface area contributed by atoms with E-state index in [0.29, 0.717) is 6.04 Å². The number of aromatic nitrogens is 4. The Morgan fingerprint density at radius 1 is 1.42 bits per heavy atom. The van der Waals surface area contributed by atoms with Crippen molar-refractivity contribution in [1.82, 2.24) is 25.1 Å². The Balaban J connectivity index is 1.58. The minimum Gasteiger partial charge on any atom is -0.333 e. The maximum Gasteiger partial charge on any atom is 0.0948 e. The van der Waals surface area contributed by atoms with E-state index in [1.807, 2.05) is 18.7 Å². The van der Waals surface area contributed by atoms with Crippen LogP contribution in [0.15, 0.2) is 18.7 Å². The highest BCUT2D eigenvalue weighted by Crippen LogP contribution is 2.22. The van der Waals surface area contributed by atoms with Crippen molar-refractivity contribution >= 4 is 0 Å². The van der Waals surface area contributed by atoms with Gasteiger partial charge < -0.3 is 9.88 Å². The fourth-order valence-electron chi connectivity index (χ4n) is 2.81. The van der Waals surface area contributed by atoms with Crippen molar-refractivity contribution in [3.05, 3.63) is 35.7 Å². The van der Waals surface area contributed by atoms with E-state index in [1.54, 1.807) is 0 Å². The Morgan fingerprint density at radius 2 is 2.37 bits per heavy atom. The van der Waals surface area contributed by atoms with Crippen LogP contribution in [0.5, 0.6) is 0 Å². The molecule has 19 heavy (non-hydrogen) atoms. The molecule has 2 aromatic rings. The smallest absolute Gasteiger partial charge is 0.0948 e. The number of nitrogens with zero attached hydrogens (tertiary/aromatic N) is 3. The molecule has 0 saturated carbocycles. The van der Waals surface area contributed by atoms with E-state index in [9.17, 15) is 0 Å². The average Bonchev–Trinajstić information content (AvgIpc) is 3.11. The molecule has 1 saturated heterocycles. The average molecular weight is 259 g/mol. The summed E-state index contributed by atoms with van der Waals surface area (Å²) in [4.78, 5) is 4.30. The number of aromatic amines is 1. The standard InChI is InChI=1S/C14H21N5/c1-11-12(8-17-18-11)4-3-7-19-10-15-9-14(19)13-5-2-6-16-13/h8-10,13,16H,2-7H2,1H3,(H,17,18). The van der Waals surface area contributed by atoms with Crippen molar-refractivity contribution in [2.75, 3.05) is 6.54 Å². The molecule has 1 fully saturated rings. The van der Waals surface area contributed by atoms with Crippen molar-refractivity contribution in [3.63, 3.8) is 0 Å². The van der Waals surface area contributed by atoms with Crippen molar-refractivity contribution in [1.29, 1.82) is 0 Å². The highest BCUT2D eigenvalue weighted by atomic mass is 15.1. The highest BCUT2D eigenvalue weighted by molar-refractivity contribution is 5.14. The van der Waals surface area contributed by atoms with Gasteiger partial charge in [0.05, 0.1) is 18.2 Å². The van der Waals surface area contributed by atoms with Gasteiger partial charge in [0.2, 0.25) is 0 Å². The molecule has 0 spiro atoms. The van der Waals surface area contributed by atoms with E-state index in [-0.39, 0.29) is 0 Å². The zero-order valence-electron chi connectivity index (χ0n) is 11.4. The molecule has 1 aliphatic heterocycles. The summed E-state index contributed by atoms with van der Waals surface area (Å²) in [5.74, 6) is 0. The Morgan fingerprint density at radius 3 is 3.11 bits per heavy atom. The van der Waals surface area contributed by atoms with Gasteiger partial charge >= 0.3 is 0 Å². The molecule has 5 heteroatoms. The SMILES string of the molecule is Cc1[nH]ncc1CCCn1cncc1C1CCCN1. The first-order valence-corrected chi connectivity index (χ1v) is 7.07. The van der Waals surface area contributed by atoms with Gasteiger partial charge in [-0.2, -0.15) is 5.10 Å². The summed E-state index contributed by atoms with van der Waals surface area (Å²) in [6.45, 7) is 4.23. The normalized spacial score (nSPS) is 19.1. The maximum absolute atomic E-state index is 4.30. The molecule has 5 nitrogen and oxygen atoms in total. The fraction of sp³-hybridized carbons (Fsp3) is 0.571. The van der Waals surface area contributed by atoms with Crippen molar-refractivity contribution in [3.8, 4) is 0 Å². The van der Waals surface area contributed by atoms with Crippen LogP contribution in [-0.4, -0.2) is 26.3 Å². The minimum atomic E-state index is 0.498. The Kier molecular flexibility index (Phi) is 3.64. The van der Waals surface area contributed by atoms with E-state index in [1.165, 1.54) is 29.8 Å². The second kappa shape index (κ2) is 5.57. The highest BCUT2D eigenvalue weighted by Gasteiger charge is 2.19. The molecule has 2 N–H and O–H groups in total. The molecule has 0 radical (unpaired) electrons. The molecule has 0 bridgehead atoms. The van der Waals surface area contributed by atoms with Crippen LogP contribution in [0.4, 0.5) is 0 Å². The predicted molar refractivity (Wildman–Crippen MR) is 73.9 cm³/mol. The van der Waals surface area contributed by atoms with Gasteiger partial charge in [-0.1, -0.05) is 0 Å². The zero-order chi connectivity index (χ0) is 13.1. The summed E-state index contributed by atoms with van der Waals surface area (Å²) >= 11 is 0. The number of H-pyrrole nitrogens is 1. The summed E-state index contributed by atoms with van der Waals surface area (Å²) in [5, 5.41) is 10.6. The number of hydrogen-bond donors (Lipinski definition) is 2. The molecule has 2 aromatic heterocycles. The zero-order valence-corrected chi connectivity index (χ0v) is 11.4. The van der Waals surface area contributed by atoms with Gasteiger partial charge in [-0.3, -0.25) is 5.10 Å². The third-order valence-electron chi connectivity index (χ3n) is 3.94. The predicted octanol–water partition coefficient (Wildman–Crippen LogP) is 1.97. The summed E-state index contributed by atoms with van der Waals surface area (Å²) < 4.78 is 2.29. The fourth-order valence-corrected chi connectivity index (χ4v) is 2.81. The van der Waals surface area contributed by atoms with Gasteiger partial charge in [0.1, 0.15) is 0 Å². The van der Waals surface area contributed by atoms with E-state index in [0.717, 1.165) is 25.9 Å². The van der Waals surface area contributed by atoms with Crippen LogP contribution in [0, 0.1) is 6.92 Å². The van der Waals surface area contributed by atoms with Crippen LogP contribution in [0.25, 0.3) is 0 Å². The molecule has 1 aliphatic rings. The quantitative estimate of drug-likeness (QED) is 0.863. The summed E-state index contributed by atoms with van der Waals surface area (Å²) in [5.41, 5.74) is 3.84. The minimum absolute atomic E-state index is 0.498. The monoisotopic (exact) mass is 259 g/mol. The lowest BCUT2D eigenvalue weighted by Gasteiger charge is -2.13. The first-order valence-electron chi connectivity index (χ1n) is 7.07. The van der Waals surface area contributed by atoms with E-state index < -0.39 is 0 Å². The number of aryl methyl sites for hydroxylation is 3. The second-order valence-electron chi connectivity index (χ2n) is 5.28. The van der Waals surface area contributed by atoms with Crippen molar-refractivity contribution < 1.29 is 0 Å². The molecular formula is C14H21N5. The lowest BCUT2D eigenvalue weighted by Crippen LogP contribution is -2.17. The number of rotatable bonds is 5. The van der Waals surface area contributed by atoms with E-state index >= 15 is 0 Å². The Bertz CT molecular complexity index is 521.